The van der Waals surface area contributed by atoms with E-state index in [0.717, 1.165) is 45.3 Å². The van der Waals surface area contributed by atoms with Gasteiger partial charge in [-0.05, 0) is 52.0 Å². The van der Waals surface area contributed by atoms with Crippen LogP contribution in [0.3, 0.4) is 0 Å². The van der Waals surface area contributed by atoms with Gasteiger partial charge < -0.3 is 14.0 Å². The highest BCUT2D eigenvalue weighted by Crippen LogP contribution is 2.49. The van der Waals surface area contributed by atoms with Gasteiger partial charge in [-0.2, -0.15) is 0 Å². The molecule has 0 radical (unpaired) electrons. The predicted octanol–water partition coefficient (Wildman–Crippen LogP) is 5.59. The molecule has 4 aromatic rings. The minimum atomic E-state index is -0.632. The Morgan fingerprint density at radius 2 is 1.69 bits per heavy atom. The molecule has 1 unspecified atom stereocenters. The number of esters is 1. The van der Waals surface area contributed by atoms with Gasteiger partial charge in [-0.25, -0.2) is 9.78 Å². The summed E-state index contributed by atoms with van der Waals surface area (Å²) in [6.45, 7) is 6.88. The summed E-state index contributed by atoms with van der Waals surface area (Å²) in [5.74, 6) is -0.0722. The zero-order valence-electron chi connectivity index (χ0n) is 21.3. The molecule has 0 saturated heterocycles. The number of nitrogens with zero attached hydrogens (tertiary/aromatic N) is 2. The number of carbonyl (C=O) groups is 1. The van der Waals surface area contributed by atoms with Crippen LogP contribution in [0.5, 0.6) is 5.88 Å². The Bertz CT molecular complexity index is 1530. The highest BCUT2D eigenvalue weighted by atomic mass is 16.5. The lowest BCUT2D eigenvalue weighted by Crippen LogP contribution is -2.34. The molecular formula is C30H30N2O4. The second-order valence-electron chi connectivity index (χ2n) is 10.3. The third-order valence-electron chi connectivity index (χ3n) is 7.14. The minimum Gasteiger partial charge on any atom is -0.481 e. The Kier molecular flexibility index (Phi) is 5.91. The molecule has 6 nitrogen and oxygen atoms in total. The lowest BCUT2D eigenvalue weighted by Gasteiger charge is -2.38. The van der Waals surface area contributed by atoms with Crippen molar-refractivity contribution >= 4 is 16.7 Å². The monoisotopic (exact) mass is 482 g/mol. The number of methoxy groups -OCH3 is 2. The molecule has 0 fully saturated rings. The highest BCUT2D eigenvalue weighted by Gasteiger charge is 2.38. The zero-order valence-corrected chi connectivity index (χ0v) is 21.3. The second-order valence-corrected chi connectivity index (χ2v) is 10.3. The molecule has 0 saturated carbocycles. The van der Waals surface area contributed by atoms with Gasteiger partial charge in [-0.15, -0.1) is 0 Å². The number of hydrogen-bond donors (Lipinski definition) is 0. The third-order valence-corrected chi connectivity index (χ3v) is 7.14. The van der Waals surface area contributed by atoms with Gasteiger partial charge in [0.2, 0.25) is 5.88 Å². The minimum absolute atomic E-state index is 0.0395. The van der Waals surface area contributed by atoms with Gasteiger partial charge in [-0.3, -0.25) is 4.79 Å². The molecule has 0 N–H and O–H groups in total. The molecule has 6 heteroatoms. The molecule has 0 amide bonds. The standard InChI is InChI=1S/C30H30N2O4/c1-30(2,3)24-16-21-19-13-9-10-14-20(19)27(35-4)31-25(21)26-22(24)15-23(29(34)36-5)28(33)32(26)17-18-11-7-6-8-12-18/h6-15,24H,16-17H2,1-5H3. The van der Waals surface area contributed by atoms with Crippen molar-refractivity contribution in [3.63, 3.8) is 0 Å². The highest BCUT2D eigenvalue weighted by molar-refractivity contribution is 5.95. The van der Waals surface area contributed by atoms with Crippen molar-refractivity contribution in [3.05, 3.63) is 93.3 Å². The van der Waals surface area contributed by atoms with Crippen LogP contribution in [0, 0.1) is 5.41 Å². The number of aromatic nitrogens is 2. The molecule has 1 aliphatic carbocycles. The summed E-state index contributed by atoms with van der Waals surface area (Å²) in [6.07, 6.45) is 0.730. The molecule has 1 aliphatic rings. The first-order valence-electron chi connectivity index (χ1n) is 12.1. The van der Waals surface area contributed by atoms with E-state index in [1.165, 1.54) is 7.11 Å². The molecule has 36 heavy (non-hydrogen) atoms. The van der Waals surface area contributed by atoms with Gasteiger partial charge in [0.1, 0.15) is 5.56 Å². The number of pyridine rings is 2. The van der Waals surface area contributed by atoms with Crippen LogP contribution in [-0.4, -0.2) is 29.7 Å². The van der Waals surface area contributed by atoms with Gasteiger partial charge in [-0.1, -0.05) is 69.3 Å². The van der Waals surface area contributed by atoms with Gasteiger partial charge >= 0.3 is 5.97 Å². The van der Waals surface area contributed by atoms with Crippen LogP contribution >= 0.6 is 0 Å². The summed E-state index contributed by atoms with van der Waals surface area (Å²) >= 11 is 0. The third kappa shape index (κ3) is 3.87. The van der Waals surface area contributed by atoms with Crippen LogP contribution < -0.4 is 10.3 Å². The zero-order chi connectivity index (χ0) is 25.6. The summed E-state index contributed by atoms with van der Waals surface area (Å²) in [6, 6.07) is 19.6. The van der Waals surface area contributed by atoms with Crippen molar-refractivity contribution in [3.8, 4) is 17.3 Å². The van der Waals surface area contributed by atoms with E-state index in [1.807, 2.05) is 48.5 Å². The van der Waals surface area contributed by atoms with E-state index < -0.39 is 5.97 Å². The first kappa shape index (κ1) is 23.8. The van der Waals surface area contributed by atoms with E-state index in [4.69, 9.17) is 14.5 Å². The summed E-state index contributed by atoms with van der Waals surface area (Å²) in [7, 11) is 2.91. The van der Waals surface area contributed by atoms with Crippen molar-refractivity contribution in [1.29, 1.82) is 0 Å². The van der Waals surface area contributed by atoms with E-state index in [2.05, 4.69) is 26.8 Å². The van der Waals surface area contributed by atoms with Gasteiger partial charge in [0.15, 0.2) is 0 Å². The number of hydrogen-bond acceptors (Lipinski definition) is 5. The van der Waals surface area contributed by atoms with Gasteiger partial charge in [0.05, 0.1) is 32.2 Å². The largest absolute Gasteiger partial charge is 0.481 e. The number of ether oxygens (including phenoxy) is 2. The Morgan fingerprint density at radius 1 is 1.03 bits per heavy atom. The second kappa shape index (κ2) is 8.94. The number of benzene rings is 2. The summed E-state index contributed by atoms with van der Waals surface area (Å²) in [4.78, 5) is 31.5. The predicted molar refractivity (Wildman–Crippen MR) is 141 cm³/mol. The van der Waals surface area contributed by atoms with Gasteiger partial charge in [0, 0.05) is 5.39 Å². The van der Waals surface area contributed by atoms with Crippen molar-refractivity contribution in [1.82, 2.24) is 9.55 Å². The molecule has 0 bridgehead atoms. The number of carbonyl (C=O) groups excluding carboxylic acids is 1. The normalized spacial score (nSPS) is 14.8. The Hall–Kier alpha value is -3.93. The van der Waals surface area contributed by atoms with E-state index in [-0.39, 0.29) is 22.5 Å². The number of rotatable bonds is 4. The molecule has 1 atom stereocenters. The van der Waals surface area contributed by atoms with Crippen LogP contribution in [-0.2, 0) is 17.7 Å². The Morgan fingerprint density at radius 3 is 2.33 bits per heavy atom. The molecular weight excluding hydrogens is 452 g/mol. The van der Waals surface area contributed by atoms with E-state index >= 15 is 0 Å². The summed E-state index contributed by atoms with van der Waals surface area (Å²) in [5, 5.41) is 2.01. The van der Waals surface area contributed by atoms with E-state index in [1.54, 1.807) is 17.7 Å². The molecule has 0 spiro atoms. The SMILES string of the molecule is COC(=O)c1cc2c(n(Cc3ccccc3)c1=O)-c1nc(OC)c3ccccc3c1CC2C(C)(C)C. The Balaban J connectivity index is 1.92. The first-order chi connectivity index (χ1) is 17.2. The van der Waals surface area contributed by atoms with Crippen LogP contribution in [0.25, 0.3) is 22.2 Å². The molecule has 2 aromatic carbocycles. The lowest BCUT2D eigenvalue weighted by molar-refractivity contribution is 0.0597. The fourth-order valence-corrected chi connectivity index (χ4v) is 5.33. The van der Waals surface area contributed by atoms with Crippen molar-refractivity contribution in [2.24, 2.45) is 5.41 Å². The maximum atomic E-state index is 13.8. The fourth-order valence-electron chi connectivity index (χ4n) is 5.33. The van der Waals surface area contributed by atoms with Crippen LogP contribution in [0.4, 0.5) is 0 Å². The first-order valence-corrected chi connectivity index (χ1v) is 12.1. The quantitative estimate of drug-likeness (QED) is 0.355. The maximum absolute atomic E-state index is 13.8. The fraction of sp³-hybridized carbons (Fsp3) is 0.300. The maximum Gasteiger partial charge on any atom is 0.343 e. The smallest absolute Gasteiger partial charge is 0.343 e. The lowest BCUT2D eigenvalue weighted by atomic mass is 9.68. The molecule has 2 heterocycles. The van der Waals surface area contributed by atoms with Crippen molar-refractivity contribution in [2.45, 2.75) is 39.7 Å². The van der Waals surface area contributed by atoms with Gasteiger partial charge in [0.25, 0.3) is 5.56 Å². The molecule has 184 valence electrons. The number of fused-ring (bicyclic) bond motifs is 5. The van der Waals surface area contributed by atoms with Crippen molar-refractivity contribution < 1.29 is 14.3 Å². The topological polar surface area (TPSA) is 70.4 Å². The average molecular weight is 483 g/mol. The summed E-state index contributed by atoms with van der Waals surface area (Å²) in [5.41, 5.74) is 3.94. The van der Waals surface area contributed by atoms with Crippen molar-refractivity contribution in [2.75, 3.05) is 14.2 Å². The van der Waals surface area contributed by atoms with E-state index in [9.17, 15) is 9.59 Å². The average Bonchev–Trinajstić information content (AvgIpc) is 2.88. The van der Waals surface area contributed by atoms with Crippen LogP contribution in [0.1, 0.15) is 53.7 Å². The van der Waals surface area contributed by atoms with Crippen LogP contribution in [0.15, 0.2) is 65.5 Å². The molecule has 0 aliphatic heterocycles. The molecule has 2 aromatic heterocycles. The van der Waals surface area contributed by atoms with E-state index in [0.29, 0.717) is 12.4 Å². The van der Waals surface area contributed by atoms with Crippen LogP contribution in [0.2, 0.25) is 0 Å². The summed E-state index contributed by atoms with van der Waals surface area (Å²) < 4.78 is 12.4. The Labute approximate surface area is 210 Å². The molecule has 5 rings (SSSR count).